The number of aromatic hydroxyl groups is 1. The van der Waals surface area contributed by atoms with Crippen LogP contribution < -0.4 is 22.5 Å². The zero-order valence-electron chi connectivity index (χ0n) is 9.85. The average Bonchev–Trinajstić information content (AvgIpc) is 2.32. The zero-order chi connectivity index (χ0) is 13.1. The lowest BCUT2D eigenvalue weighted by molar-refractivity contribution is 0.476. The van der Waals surface area contributed by atoms with E-state index in [2.05, 4.69) is 5.32 Å². The van der Waals surface area contributed by atoms with Gasteiger partial charge in [-0.25, -0.2) is 0 Å². The van der Waals surface area contributed by atoms with Gasteiger partial charge < -0.3 is 27.6 Å². The van der Waals surface area contributed by atoms with Crippen molar-refractivity contribution in [1.29, 1.82) is 0 Å². The molecular formula is C13H16N4O. The van der Waals surface area contributed by atoms with Crippen molar-refractivity contribution in [2.24, 2.45) is 0 Å². The number of benzene rings is 2. The lowest BCUT2D eigenvalue weighted by Gasteiger charge is -2.11. The smallest absolute Gasteiger partial charge is 0.117 e. The van der Waals surface area contributed by atoms with Crippen molar-refractivity contribution in [2.45, 2.75) is 6.54 Å². The van der Waals surface area contributed by atoms with Gasteiger partial charge in [0.05, 0.1) is 11.4 Å². The third-order valence-corrected chi connectivity index (χ3v) is 2.67. The molecule has 2 aromatic rings. The molecule has 0 aliphatic carbocycles. The summed E-state index contributed by atoms with van der Waals surface area (Å²) in [7, 11) is 0. The summed E-state index contributed by atoms with van der Waals surface area (Å²) < 4.78 is 0. The lowest BCUT2D eigenvalue weighted by Crippen LogP contribution is -2.05. The summed E-state index contributed by atoms with van der Waals surface area (Å²) in [6.45, 7) is 0.520. The van der Waals surface area contributed by atoms with Crippen LogP contribution in [0, 0.1) is 0 Å². The van der Waals surface area contributed by atoms with Gasteiger partial charge in [0.2, 0.25) is 0 Å². The van der Waals surface area contributed by atoms with Gasteiger partial charge in [-0.15, -0.1) is 0 Å². The number of hydrogen-bond donors (Lipinski definition) is 5. The first-order chi connectivity index (χ1) is 8.56. The van der Waals surface area contributed by atoms with Crippen LogP contribution in [0.25, 0.3) is 0 Å². The Balaban J connectivity index is 2.13. The second-order valence-corrected chi connectivity index (χ2v) is 4.08. The van der Waals surface area contributed by atoms with Crippen LogP contribution in [0.15, 0.2) is 36.4 Å². The maximum Gasteiger partial charge on any atom is 0.117 e. The first-order valence-electron chi connectivity index (χ1n) is 5.52. The number of nitrogen functional groups attached to an aromatic ring is 3. The number of nitrogens with one attached hydrogen (secondary N) is 1. The molecule has 0 amide bonds. The van der Waals surface area contributed by atoms with Crippen molar-refractivity contribution in [3.63, 3.8) is 0 Å². The fourth-order valence-electron chi connectivity index (χ4n) is 1.68. The van der Waals surface area contributed by atoms with Crippen LogP contribution in [-0.2, 0) is 6.54 Å². The molecule has 0 saturated heterocycles. The molecule has 0 atom stereocenters. The van der Waals surface area contributed by atoms with E-state index >= 15 is 0 Å². The second kappa shape index (κ2) is 4.75. The standard InChI is InChI=1S/C13H16N4O/c14-9-1-3-11(15)8(5-9)7-17-13-4-2-10(18)6-12(13)16/h1-6,17-18H,7,14-16H2. The highest BCUT2D eigenvalue weighted by Crippen LogP contribution is 2.24. The molecule has 5 nitrogen and oxygen atoms in total. The summed E-state index contributed by atoms with van der Waals surface area (Å²) >= 11 is 0. The van der Waals surface area contributed by atoms with E-state index in [4.69, 9.17) is 17.2 Å². The molecule has 0 aliphatic rings. The highest BCUT2D eigenvalue weighted by atomic mass is 16.3. The Kier molecular flexibility index (Phi) is 3.14. The average molecular weight is 244 g/mol. The minimum atomic E-state index is 0.140. The summed E-state index contributed by atoms with van der Waals surface area (Å²) in [5, 5.41) is 12.4. The van der Waals surface area contributed by atoms with Gasteiger partial charge in [-0.2, -0.15) is 0 Å². The third-order valence-electron chi connectivity index (χ3n) is 2.67. The molecule has 0 aromatic heterocycles. The number of rotatable bonds is 3. The highest BCUT2D eigenvalue weighted by Gasteiger charge is 2.03. The molecule has 8 N–H and O–H groups in total. The summed E-state index contributed by atoms with van der Waals surface area (Å²) in [4.78, 5) is 0. The monoisotopic (exact) mass is 244 g/mol. The van der Waals surface area contributed by atoms with Gasteiger partial charge in [0.15, 0.2) is 0 Å². The van der Waals surface area contributed by atoms with Crippen molar-refractivity contribution >= 4 is 22.7 Å². The largest absolute Gasteiger partial charge is 0.508 e. The Labute approximate surface area is 105 Å². The van der Waals surface area contributed by atoms with E-state index in [9.17, 15) is 5.11 Å². The summed E-state index contributed by atoms with van der Waals surface area (Å²) in [6, 6.07) is 10.1. The number of nitrogens with two attached hydrogens (primary N) is 3. The third kappa shape index (κ3) is 2.57. The van der Waals surface area contributed by atoms with Gasteiger partial charge >= 0.3 is 0 Å². The summed E-state index contributed by atoms with van der Waals surface area (Å²) in [5.41, 5.74) is 20.8. The topological polar surface area (TPSA) is 110 Å². The second-order valence-electron chi connectivity index (χ2n) is 4.08. The highest BCUT2D eigenvalue weighted by molar-refractivity contribution is 5.68. The van der Waals surface area contributed by atoms with E-state index in [0.717, 1.165) is 11.3 Å². The molecule has 0 saturated carbocycles. The van der Waals surface area contributed by atoms with Crippen molar-refractivity contribution in [1.82, 2.24) is 0 Å². The fraction of sp³-hybridized carbons (Fsp3) is 0.0769. The fourth-order valence-corrected chi connectivity index (χ4v) is 1.68. The van der Waals surface area contributed by atoms with Crippen LogP contribution >= 0.6 is 0 Å². The Bertz CT molecular complexity index is 569. The maximum atomic E-state index is 9.26. The number of phenols is 1. The molecule has 2 rings (SSSR count). The molecule has 2 aromatic carbocycles. The molecule has 0 bridgehead atoms. The SMILES string of the molecule is Nc1ccc(N)c(CNc2ccc(O)cc2N)c1. The molecular weight excluding hydrogens is 228 g/mol. The Morgan fingerprint density at radius 2 is 1.72 bits per heavy atom. The van der Waals surface area contributed by atoms with Crippen LogP contribution in [-0.4, -0.2) is 5.11 Å². The summed E-state index contributed by atoms with van der Waals surface area (Å²) in [5.74, 6) is 0.140. The molecule has 18 heavy (non-hydrogen) atoms. The predicted molar refractivity (Wildman–Crippen MR) is 75.1 cm³/mol. The van der Waals surface area contributed by atoms with E-state index in [1.54, 1.807) is 24.3 Å². The molecule has 0 aliphatic heterocycles. The van der Waals surface area contributed by atoms with Gasteiger partial charge in [-0.1, -0.05) is 0 Å². The maximum absolute atomic E-state index is 9.26. The van der Waals surface area contributed by atoms with Crippen molar-refractivity contribution < 1.29 is 5.11 Å². The van der Waals surface area contributed by atoms with Crippen molar-refractivity contribution in [2.75, 3.05) is 22.5 Å². The molecule has 0 radical (unpaired) electrons. The van der Waals surface area contributed by atoms with E-state index in [-0.39, 0.29) is 5.75 Å². The van der Waals surface area contributed by atoms with Crippen LogP contribution in [0.2, 0.25) is 0 Å². The molecule has 0 spiro atoms. The van der Waals surface area contributed by atoms with E-state index in [1.165, 1.54) is 6.07 Å². The quantitative estimate of drug-likeness (QED) is 0.417. The lowest BCUT2D eigenvalue weighted by atomic mass is 10.1. The minimum Gasteiger partial charge on any atom is -0.508 e. The normalized spacial score (nSPS) is 10.2. The molecule has 0 fully saturated rings. The van der Waals surface area contributed by atoms with Crippen LogP contribution in [0.4, 0.5) is 22.7 Å². The van der Waals surface area contributed by atoms with Crippen LogP contribution in [0.5, 0.6) is 5.75 Å². The van der Waals surface area contributed by atoms with Gasteiger partial charge in [0, 0.05) is 24.0 Å². The number of hydrogen-bond acceptors (Lipinski definition) is 5. The van der Waals surface area contributed by atoms with Gasteiger partial charge in [0.25, 0.3) is 0 Å². The zero-order valence-corrected chi connectivity index (χ0v) is 9.85. The van der Waals surface area contributed by atoms with Gasteiger partial charge in [0.1, 0.15) is 5.75 Å². The molecule has 0 heterocycles. The first kappa shape index (κ1) is 11.9. The minimum absolute atomic E-state index is 0.140. The number of phenolic OH excluding ortho intramolecular Hbond substituents is 1. The van der Waals surface area contributed by atoms with Crippen LogP contribution in [0.1, 0.15) is 5.56 Å². The van der Waals surface area contributed by atoms with Gasteiger partial charge in [-0.3, -0.25) is 0 Å². The first-order valence-corrected chi connectivity index (χ1v) is 5.52. The Morgan fingerprint density at radius 3 is 2.44 bits per heavy atom. The molecule has 94 valence electrons. The van der Waals surface area contributed by atoms with Crippen LogP contribution in [0.3, 0.4) is 0 Å². The molecule has 5 heteroatoms. The Hall–Kier alpha value is -2.56. The van der Waals surface area contributed by atoms with Crippen molar-refractivity contribution in [3.05, 3.63) is 42.0 Å². The number of anilines is 4. The van der Waals surface area contributed by atoms with E-state index in [1.807, 2.05) is 6.07 Å². The Morgan fingerprint density at radius 1 is 0.944 bits per heavy atom. The van der Waals surface area contributed by atoms with Crippen molar-refractivity contribution in [3.8, 4) is 5.75 Å². The van der Waals surface area contributed by atoms with E-state index in [0.29, 0.717) is 23.6 Å². The van der Waals surface area contributed by atoms with Gasteiger partial charge in [-0.05, 0) is 35.9 Å². The van der Waals surface area contributed by atoms with E-state index < -0.39 is 0 Å². The predicted octanol–water partition coefficient (Wildman–Crippen LogP) is 1.75. The summed E-state index contributed by atoms with van der Waals surface area (Å²) in [6.07, 6.45) is 0. The molecule has 0 unspecified atom stereocenters.